The number of carbonyl (C=O) groups is 2. The third-order valence-corrected chi connectivity index (χ3v) is 6.23. The number of furan rings is 1. The Morgan fingerprint density at radius 3 is 2.26 bits per heavy atom. The number of halogens is 1. The third-order valence-electron chi connectivity index (χ3n) is 5.98. The minimum atomic E-state index is -0.601. The Labute approximate surface area is 229 Å². The summed E-state index contributed by atoms with van der Waals surface area (Å²) >= 11 is 5.92. The Balaban J connectivity index is 1.72. The number of hydrogen-bond donors (Lipinski definition) is 0. The maximum absolute atomic E-state index is 13.6. The fourth-order valence-electron chi connectivity index (χ4n) is 3.87. The van der Waals surface area contributed by atoms with Crippen molar-refractivity contribution in [3.63, 3.8) is 0 Å². The van der Waals surface area contributed by atoms with Crippen molar-refractivity contribution >= 4 is 23.4 Å². The van der Waals surface area contributed by atoms with Gasteiger partial charge in [0.1, 0.15) is 18.1 Å². The van der Waals surface area contributed by atoms with Crippen LogP contribution in [0.2, 0.25) is 5.02 Å². The first-order valence-electron chi connectivity index (χ1n) is 12.3. The van der Waals surface area contributed by atoms with Crippen molar-refractivity contribution in [2.45, 2.75) is 39.3 Å². The molecule has 3 rings (SSSR count). The molecular weight excluding hydrogens is 508 g/mol. The molecule has 8 nitrogen and oxygen atoms in total. The number of nitrogens with zero attached hydrogens (tertiary/aromatic N) is 2. The second kappa shape index (κ2) is 13.2. The Bertz CT molecular complexity index is 1190. The predicted octanol–water partition coefficient (Wildman–Crippen LogP) is 5.23. The van der Waals surface area contributed by atoms with Crippen LogP contribution >= 0.6 is 11.6 Å². The molecule has 0 N–H and O–H groups in total. The SMILES string of the molecule is COc1ccc(CCN(Cc2ccco2)C(=O)CN(C(=O)COc2ccc(Cl)cc2)C(C)(C)C)cc1OC. The fraction of sp³-hybridized carbons (Fsp3) is 0.379. The van der Waals surface area contributed by atoms with Gasteiger partial charge in [0.25, 0.3) is 5.91 Å². The molecule has 9 heteroatoms. The van der Waals surface area contributed by atoms with Crippen LogP contribution in [0.5, 0.6) is 17.2 Å². The summed E-state index contributed by atoms with van der Waals surface area (Å²) in [5.74, 6) is 1.96. The van der Waals surface area contributed by atoms with Crippen LogP contribution in [0, 0.1) is 0 Å². The minimum absolute atomic E-state index is 0.0983. The smallest absolute Gasteiger partial charge is 0.261 e. The van der Waals surface area contributed by atoms with Crippen LogP contribution in [0.3, 0.4) is 0 Å². The fourth-order valence-corrected chi connectivity index (χ4v) is 4.00. The predicted molar refractivity (Wildman–Crippen MR) is 146 cm³/mol. The van der Waals surface area contributed by atoms with Gasteiger partial charge in [0.05, 0.1) is 27.0 Å². The van der Waals surface area contributed by atoms with Crippen molar-refractivity contribution in [2.75, 3.05) is 33.9 Å². The molecule has 0 fully saturated rings. The van der Waals surface area contributed by atoms with E-state index in [4.69, 9.17) is 30.2 Å². The standard InChI is InChI=1S/C29H35ClN2O6/c1-29(2,3)32(28(34)20-38-23-11-9-22(30)10-12-23)19-27(33)31(18-24-7-6-16-37-24)15-14-21-8-13-25(35-4)26(17-21)36-5/h6-13,16-17H,14-15,18-20H2,1-5H3. The van der Waals surface area contributed by atoms with Gasteiger partial charge in [0.15, 0.2) is 18.1 Å². The zero-order chi connectivity index (χ0) is 27.7. The summed E-state index contributed by atoms with van der Waals surface area (Å²) in [5, 5.41) is 0.579. The molecule has 38 heavy (non-hydrogen) atoms. The Kier molecular flexibility index (Phi) is 10.1. The normalized spacial score (nSPS) is 11.1. The molecule has 204 valence electrons. The van der Waals surface area contributed by atoms with Gasteiger partial charge in [-0.25, -0.2) is 0 Å². The van der Waals surface area contributed by atoms with Gasteiger partial charge in [-0.3, -0.25) is 9.59 Å². The summed E-state index contributed by atoms with van der Waals surface area (Å²) in [7, 11) is 3.17. The van der Waals surface area contributed by atoms with Crippen LogP contribution < -0.4 is 14.2 Å². The van der Waals surface area contributed by atoms with Crippen molar-refractivity contribution in [3.05, 3.63) is 77.2 Å². The molecule has 0 aliphatic heterocycles. The summed E-state index contributed by atoms with van der Waals surface area (Å²) in [6, 6.07) is 16.1. The molecule has 1 aromatic heterocycles. The van der Waals surface area contributed by atoms with E-state index in [1.165, 1.54) is 4.90 Å². The van der Waals surface area contributed by atoms with Crippen molar-refractivity contribution in [1.82, 2.24) is 9.80 Å². The molecule has 0 aliphatic rings. The zero-order valence-electron chi connectivity index (χ0n) is 22.5. The summed E-state index contributed by atoms with van der Waals surface area (Å²) in [5.41, 5.74) is 0.385. The monoisotopic (exact) mass is 542 g/mol. The molecule has 2 amide bonds. The Hall–Kier alpha value is -3.65. The van der Waals surface area contributed by atoms with Crippen LogP contribution in [0.4, 0.5) is 0 Å². The Morgan fingerprint density at radius 1 is 0.947 bits per heavy atom. The number of carbonyl (C=O) groups excluding carboxylic acids is 2. The maximum atomic E-state index is 13.6. The number of methoxy groups -OCH3 is 2. The highest BCUT2D eigenvalue weighted by molar-refractivity contribution is 6.30. The Morgan fingerprint density at radius 2 is 1.66 bits per heavy atom. The van der Waals surface area contributed by atoms with E-state index in [0.29, 0.717) is 41.0 Å². The van der Waals surface area contributed by atoms with Gasteiger partial charge in [-0.15, -0.1) is 0 Å². The molecule has 0 atom stereocenters. The molecule has 0 unspecified atom stereocenters. The van der Waals surface area contributed by atoms with Crippen molar-refractivity contribution in [1.29, 1.82) is 0 Å². The first-order valence-corrected chi connectivity index (χ1v) is 12.7. The quantitative estimate of drug-likeness (QED) is 0.312. The van der Waals surface area contributed by atoms with Crippen LogP contribution in [-0.4, -0.2) is 61.1 Å². The molecular formula is C29H35ClN2O6. The molecule has 0 saturated heterocycles. The largest absolute Gasteiger partial charge is 0.493 e. The molecule has 0 saturated carbocycles. The number of hydrogen-bond acceptors (Lipinski definition) is 6. The molecule has 3 aromatic rings. The first-order chi connectivity index (χ1) is 18.1. The lowest BCUT2D eigenvalue weighted by atomic mass is 10.1. The molecule has 2 aromatic carbocycles. The van der Waals surface area contributed by atoms with Gasteiger partial charge in [-0.1, -0.05) is 17.7 Å². The van der Waals surface area contributed by atoms with Gasteiger partial charge in [0, 0.05) is 17.1 Å². The summed E-state index contributed by atoms with van der Waals surface area (Å²) in [6.07, 6.45) is 2.15. The first kappa shape index (κ1) is 28.9. The number of rotatable bonds is 12. The van der Waals surface area contributed by atoms with E-state index in [9.17, 15) is 9.59 Å². The van der Waals surface area contributed by atoms with Gasteiger partial charge >= 0.3 is 0 Å². The molecule has 0 aliphatic carbocycles. The van der Waals surface area contributed by atoms with E-state index in [2.05, 4.69) is 0 Å². The van der Waals surface area contributed by atoms with Gasteiger partial charge in [-0.05, 0) is 81.3 Å². The highest BCUT2D eigenvalue weighted by Gasteiger charge is 2.30. The van der Waals surface area contributed by atoms with E-state index in [1.807, 2.05) is 45.0 Å². The number of benzene rings is 2. The topological polar surface area (TPSA) is 81.5 Å². The second-order valence-corrected chi connectivity index (χ2v) is 10.2. The third kappa shape index (κ3) is 8.18. The van der Waals surface area contributed by atoms with Crippen molar-refractivity contribution in [2.24, 2.45) is 0 Å². The van der Waals surface area contributed by atoms with Crippen LogP contribution in [0.1, 0.15) is 32.1 Å². The lowest BCUT2D eigenvalue weighted by Crippen LogP contribution is -2.52. The maximum Gasteiger partial charge on any atom is 0.261 e. The average Bonchev–Trinajstić information content (AvgIpc) is 3.41. The van der Waals surface area contributed by atoms with E-state index in [-0.39, 0.29) is 31.5 Å². The molecule has 1 heterocycles. The van der Waals surface area contributed by atoms with E-state index < -0.39 is 5.54 Å². The van der Waals surface area contributed by atoms with Crippen LogP contribution in [0.15, 0.2) is 65.3 Å². The molecule has 0 spiro atoms. The van der Waals surface area contributed by atoms with Crippen LogP contribution in [0.25, 0.3) is 0 Å². The molecule has 0 bridgehead atoms. The second-order valence-electron chi connectivity index (χ2n) is 9.73. The zero-order valence-corrected chi connectivity index (χ0v) is 23.3. The van der Waals surface area contributed by atoms with E-state index >= 15 is 0 Å². The number of ether oxygens (including phenoxy) is 3. The van der Waals surface area contributed by atoms with Gasteiger partial charge in [0.2, 0.25) is 5.91 Å². The summed E-state index contributed by atoms with van der Waals surface area (Å²) < 4.78 is 21.9. The molecule has 0 radical (unpaired) electrons. The number of amides is 2. The highest BCUT2D eigenvalue weighted by atomic mass is 35.5. The summed E-state index contributed by atoms with van der Waals surface area (Å²) in [6.45, 7) is 6.08. The van der Waals surface area contributed by atoms with Crippen LogP contribution in [-0.2, 0) is 22.6 Å². The van der Waals surface area contributed by atoms with E-state index in [1.54, 1.807) is 55.7 Å². The van der Waals surface area contributed by atoms with E-state index in [0.717, 1.165) is 5.56 Å². The lowest BCUT2D eigenvalue weighted by molar-refractivity contribution is -0.146. The van der Waals surface area contributed by atoms with Crippen molar-refractivity contribution < 1.29 is 28.2 Å². The van der Waals surface area contributed by atoms with Gasteiger partial charge < -0.3 is 28.4 Å². The van der Waals surface area contributed by atoms with Gasteiger partial charge in [-0.2, -0.15) is 0 Å². The minimum Gasteiger partial charge on any atom is -0.493 e. The lowest BCUT2D eigenvalue weighted by Gasteiger charge is -2.36. The summed E-state index contributed by atoms with van der Waals surface area (Å²) in [4.78, 5) is 30.0. The van der Waals surface area contributed by atoms with Crippen molar-refractivity contribution in [3.8, 4) is 17.2 Å². The average molecular weight is 543 g/mol. The highest BCUT2D eigenvalue weighted by Crippen LogP contribution is 2.28.